The lowest BCUT2D eigenvalue weighted by molar-refractivity contribution is 0.209. The molecular weight excluding hydrogens is 268 g/mol. The van der Waals surface area contributed by atoms with Gasteiger partial charge in [-0.05, 0) is 48.9 Å². The SMILES string of the molecule is CN1CCC(n2nc(Br)c3c2CNC3)CC1. The molecule has 3 rings (SSSR count). The molecule has 1 aromatic rings. The third-order valence-corrected chi connectivity index (χ3v) is 4.33. The molecule has 0 atom stereocenters. The Bertz CT molecular complexity index is 393. The van der Waals surface area contributed by atoms with Crippen LogP contribution >= 0.6 is 15.9 Å². The van der Waals surface area contributed by atoms with Gasteiger partial charge >= 0.3 is 0 Å². The molecule has 5 heteroatoms. The lowest BCUT2D eigenvalue weighted by atomic mass is 10.1. The largest absolute Gasteiger partial charge is 0.307 e. The van der Waals surface area contributed by atoms with Crippen molar-refractivity contribution in [1.82, 2.24) is 20.0 Å². The second-order valence-corrected chi connectivity index (χ2v) is 5.55. The van der Waals surface area contributed by atoms with Crippen LogP contribution in [-0.4, -0.2) is 34.8 Å². The Hall–Kier alpha value is -0.390. The molecule has 0 aliphatic carbocycles. The summed E-state index contributed by atoms with van der Waals surface area (Å²) in [5.41, 5.74) is 2.75. The minimum absolute atomic E-state index is 0.594. The monoisotopic (exact) mass is 284 g/mol. The number of aromatic nitrogens is 2. The summed E-state index contributed by atoms with van der Waals surface area (Å²) in [5, 5.41) is 8.05. The molecule has 0 aromatic carbocycles. The van der Waals surface area contributed by atoms with Gasteiger partial charge < -0.3 is 10.2 Å². The van der Waals surface area contributed by atoms with Crippen LogP contribution in [0.1, 0.15) is 30.1 Å². The molecule has 16 heavy (non-hydrogen) atoms. The van der Waals surface area contributed by atoms with Crippen LogP contribution in [0.4, 0.5) is 0 Å². The number of nitrogens with zero attached hydrogens (tertiary/aromatic N) is 3. The molecule has 0 radical (unpaired) electrons. The van der Waals surface area contributed by atoms with E-state index in [1.54, 1.807) is 0 Å². The highest BCUT2D eigenvalue weighted by Gasteiger charge is 2.26. The Morgan fingerprint density at radius 3 is 2.81 bits per heavy atom. The lowest BCUT2D eigenvalue weighted by Crippen LogP contribution is -2.32. The molecule has 2 aliphatic heterocycles. The second kappa shape index (κ2) is 4.13. The van der Waals surface area contributed by atoms with Crippen LogP contribution in [0.3, 0.4) is 0 Å². The van der Waals surface area contributed by atoms with Crippen molar-refractivity contribution in [2.75, 3.05) is 20.1 Å². The van der Waals surface area contributed by atoms with Crippen molar-refractivity contribution in [3.8, 4) is 0 Å². The van der Waals surface area contributed by atoms with Crippen molar-refractivity contribution in [3.63, 3.8) is 0 Å². The fourth-order valence-corrected chi connectivity index (χ4v) is 3.22. The Labute approximate surface area is 104 Å². The van der Waals surface area contributed by atoms with E-state index in [0.29, 0.717) is 6.04 Å². The number of halogens is 1. The summed E-state index contributed by atoms with van der Waals surface area (Å²) in [4.78, 5) is 2.40. The number of likely N-dealkylation sites (tertiary alicyclic amines) is 1. The second-order valence-electron chi connectivity index (χ2n) is 4.80. The molecular formula is C11H17BrN4. The van der Waals surface area contributed by atoms with E-state index < -0.39 is 0 Å². The fraction of sp³-hybridized carbons (Fsp3) is 0.727. The van der Waals surface area contributed by atoms with E-state index in [1.165, 1.54) is 37.2 Å². The number of fused-ring (bicyclic) bond motifs is 1. The van der Waals surface area contributed by atoms with Gasteiger partial charge in [-0.3, -0.25) is 4.68 Å². The first kappa shape index (κ1) is 10.7. The minimum Gasteiger partial charge on any atom is -0.307 e. The number of hydrogen-bond acceptors (Lipinski definition) is 3. The third-order valence-electron chi connectivity index (χ3n) is 3.70. The maximum atomic E-state index is 4.66. The molecule has 1 saturated heterocycles. The van der Waals surface area contributed by atoms with Gasteiger partial charge in [0.05, 0.1) is 11.7 Å². The Morgan fingerprint density at radius 1 is 1.31 bits per heavy atom. The van der Waals surface area contributed by atoms with E-state index in [4.69, 9.17) is 0 Å². The van der Waals surface area contributed by atoms with Crippen LogP contribution in [0.5, 0.6) is 0 Å². The topological polar surface area (TPSA) is 33.1 Å². The van der Waals surface area contributed by atoms with Gasteiger partial charge in [0.1, 0.15) is 4.60 Å². The maximum absolute atomic E-state index is 4.66. The smallest absolute Gasteiger partial charge is 0.132 e. The van der Waals surface area contributed by atoms with Crippen LogP contribution in [0, 0.1) is 0 Å². The van der Waals surface area contributed by atoms with Crippen molar-refractivity contribution in [2.45, 2.75) is 32.0 Å². The predicted octanol–water partition coefficient (Wildman–Crippen LogP) is 1.52. The average Bonchev–Trinajstić information content (AvgIpc) is 2.84. The molecule has 1 aromatic heterocycles. The summed E-state index contributed by atoms with van der Waals surface area (Å²) in [6, 6.07) is 0.594. The van der Waals surface area contributed by atoms with Gasteiger partial charge in [-0.1, -0.05) is 0 Å². The molecule has 88 valence electrons. The summed E-state index contributed by atoms with van der Waals surface area (Å²) in [7, 11) is 2.20. The van der Waals surface area contributed by atoms with Crippen LogP contribution in [0.2, 0.25) is 0 Å². The molecule has 0 spiro atoms. The number of hydrogen-bond donors (Lipinski definition) is 1. The number of rotatable bonds is 1. The summed E-state index contributed by atoms with van der Waals surface area (Å²) in [5.74, 6) is 0. The maximum Gasteiger partial charge on any atom is 0.132 e. The average molecular weight is 285 g/mol. The van der Waals surface area contributed by atoms with Gasteiger partial charge in [-0.15, -0.1) is 0 Å². The standard InChI is InChI=1S/C11H17BrN4/c1-15-4-2-8(3-5-15)16-10-7-13-6-9(10)11(12)14-16/h8,13H,2-7H2,1H3. The van der Waals surface area contributed by atoms with Crippen molar-refractivity contribution in [3.05, 3.63) is 15.9 Å². The van der Waals surface area contributed by atoms with E-state index in [-0.39, 0.29) is 0 Å². The number of nitrogens with one attached hydrogen (secondary N) is 1. The van der Waals surface area contributed by atoms with Gasteiger partial charge in [0.25, 0.3) is 0 Å². The zero-order valence-corrected chi connectivity index (χ0v) is 11.1. The summed E-state index contributed by atoms with van der Waals surface area (Å²) in [6.07, 6.45) is 2.44. The summed E-state index contributed by atoms with van der Waals surface area (Å²) < 4.78 is 3.29. The first-order valence-corrected chi connectivity index (χ1v) is 6.70. The predicted molar refractivity (Wildman–Crippen MR) is 66.2 cm³/mol. The first-order valence-electron chi connectivity index (χ1n) is 5.90. The van der Waals surface area contributed by atoms with Crippen molar-refractivity contribution >= 4 is 15.9 Å². The van der Waals surface area contributed by atoms with Crippen molar-refractivity contribution < 1.29 is 0 Å². The fourth-order valence-electron chi connectivity index (χ4n) is 2.68. The molecule has 0 unspecified atom stereocenters. The Kier molecular flexibility index (Phi) is 2.77. The van der Waals surface area contributed by atoms with Gasteiger partial charge in [-0.2, -0.15) is 5.10 Å². The molecule has 3 heterocycles. The number of piperidine rings is 1. The van der Waals surface area contributed by atoms with Crippen LogP contribution in [0.15, 0.2) is 4.60 Å². The van der Waals surface area contributed by atoms with Crippen LogP contribution in [-0.2, 0) is 13.1 Å². The Morgan fingerprint density at radius 2 is 2.06 bits per heavy atom. The zero-order chi connectivity index (χ0) is 11.1. The molecule has 2 aliphatic rings. The van der Waals surface area contributed by atoms with Gasteiger partial charge in [-0.25, -0.2) is 0 Å². The van der Waals surface area contributed by atoms with Crippen molar-refractivity contribution in [1.29, 1.82) is 0 Å². The minimum atomic E-state index is 0.594. The highest BCUT2D eigenvalue weighted by Crippen LogP contribution is 2.30. The molecule has 1 N–H and O–H groups in total. The highest BCUT2D eigenvalue weighted by atomic mass is 79.9. The molecule has 1 fully saturated rings. The molecule has 4 nitrogen and oxygen atoms in total. The summed E-state index contributed by atoms with van der Waals surface area (Å²) >= 11 is 3.56. The van der Waals surface area contributed by atoms with E-state index in [9.17, 15) is 0 Å². The van der Waals surface area contributed by atoms with Crippen molar-refractivity contribution in [2.24, 2.45) is 0 Å². The van der Waals surface area contributed by atoms with Gasteiger partial charge in [0.2, 0.25) is 0 Å². The van der Waals surface area contributed by atoms with Gasteiger partial charge in [0.15, 0.2) is 0 Å². The quantitative estimate of drug-likeness (QED) is 0.849. The highest BCUT2D eigenvalue weighted by molar-refractivity contribution is 9.10. The van der Waals surface area contributed by atoms with Crippen LogP contribution in [0.25, 0.3) is 0 Å². The molecule has 0 amide bonds. The van der Waals surface area contributed by atoms with E-state index in [0.717, 1.165) is 17.7 Å². The Balaban J connectivity index is 1.87. The van der Waals surface area contributed by atoms with Crippen LogP contribution < -0.4 is 5.32 Å². The molecule has 0 saturated carbocycles. The van der Waals surface area contributed by atoms with E-state index in [2.05, 4.69) is 43.0 Å². The first-order chi connectivity index (χ1) is 7.75. The molecule has 0 bridgehead atoms. The normalized spacial score (nSPS) is 22.6. The lowest BCUT2D eigenvalue weighted by Gasteiger charge is -2.29. The third kappa shape index (κ3) is 1.71. The summed E-state index contributed by atoms with van der Waals surface area (Å²) in [6.45, 7) is 4.30. The van der Waals surface area contributed by atoms with E-state index in [1.807, 2.05) is 0 Å². The zero-order valence-electron chi connectivity index (χ0n) is 9.54. The van der Waals surface area contributed by atoms with E-state index >= 15 is 0 Å². The van der Waals surface area contributed by atoms with Gasteiger partial charge in [0, 0.05) is 18.7 Å².